The maximum absolute atomic E-state index is 12.3. The van der Waals surface area contributed by atoms with Crippen molar-refractivity contribution in [1.82, 2.24) is 0 Å². The molecule has 1 amide bonds. The van der Waals surface area contributed by atoms with Crippen LogP contribution in [0.2, 0.25) is 0 Å². The molecule has 0 fully saturated rings. The van der Waals surface area contributed by atoms with Gasteiger partial charge in [-0.25, -0.2) is 0 Å². The maximum atomic E-state index is 12.3. The molecule has 0 atom stereocenters. The first-order valence-electron chi connectivity index (χ1n) is 6.76. The van der Waals surface area contributed by atoms with Crippen LogP contribution in [0.4, 0.5) is 14.5 Å². The van der Waals surface area contributed by atoms with Gasteiger partial charge in [0, 0.05) is 16.5 Å². The van der Waals surface area contributed by atoms with Crippen LogP contribution in [-0.4, -0.2) is 18.8 Å². The molecule has 6 heteroatoms. The molecule has 0 bridgehead atoms. The second-order valence-electron chi connectivity index (χ2n) is 4.44. The lowest BCUT2D eigenvalue weighted by Crippen LogP contribution is -2.08. The second-order valence-corrected chi connectivity index (χ2v) is 5.29. The number of carbonyl (C=O) groups is 1. The summed E-state index contributed by atoms with van der Waals surface area (Å²) in [5, 5.41) is 2.76. The molecule has 0 saturated carbocycles. The number of benzene rings is 2. The van der Waals surface area contributed by atoms with Gasteiger partial charge in [0.2, 0.25) is 5.91 Å². The van der Waals surface area contributed by atoms with Crippen molar-refractivity contribution in [2.75, 3.05) is 11.6 Å². The number of amides is 1. The lowest BCUT2D eigenvalue weighted by molar-refractivity contribution is -0.111. The number of alkyl halides is 2. The number of nitrogens with one attached hydrogen (secondary N) is 1. The van der Waals surface area contributed by atoms with Gasteiger partial charge >= 0.3 is 6.61 Å². The molecule has 0 unspecified atom stereocenters. The lowest BCUT2D eigenvalue weighted by Gasteiger charge is -2.08. The standard InChI is InChI=1S/C17H15F2NO2S/c1-23-15-9-5-3-7-13(15)20-16(21)11-10-12-6-2-4-8-14(12)22-17(18)19/h2-11,17H,1H3,(H,20,21). The van der Waals surface area contributed by atoms with Crippen LogP contribution in [0.3, 0.4) is 0 Å². The fourth-order valence-electron chi connectivity index (χ4n) is 1.91. The SMILES string of the molecule is CSc1ccccc1NC(=O)C=Cc1ccccc1OC(F)F. The molecule has 0 aliphatic rings. The lowest BCUT2D eigenvalue weighted by atomic mass is 10.2. The number of hydrogen-bond acceptors (Lipinski definition) is 3. The van der Waals surface area contributed by atoms with E-state index >= 15 is 0 Å². The molecule has 0 aromatic heterocycles. The van der Waals surface area contributed by atoms with E-state index in [9.17, 15) is 13.6 Å². The second kappa shape index (κ2) is 8.33. The first-order chi connectivity index (χ1) is 11.1. The highest BCUT2D eigenvalue weighted by atomic mass is 32.2. The Labute approximate surface area is 137 Å². The summed E-state index contributed by atoms with van der Waals surface area (Å²) in [6.45, 7) is -2.91. The molecule has 2 rings (SSSR count). The zero-order chi connectivity index (χ0) is 16.7. The summed E-state index contributed by atoms with van der Waals surface area (Å²) in [5.74, 6) is -0.325. The van der Waals surface area contributed by atoms with Gasteiger partial charge in [0.15, 0.2) is 0 Å². The van der Waals surface area contributed by atoms with Crippen LogP contribution < -0.4 is 10.1 Å². The van der Waals surface area contributed by atoms with Gasteiger partial charge in [-0.2, -0.15) is 8.78 Å². The number of halogens is 2. The van der Waals surface area contributed by atoms with Crippen molar-refractivity contribution in [3.63, 3.8) is 0 Å². The van der Waals surface area contributed by atoms with E-state index in [4.69, 9.17) is 0 Å². The van der Waals surface area contributed by atoms with Crippen molar-refractivity contribution in [3.8, 4) is 5.75 Å². The predicted octanol–water partition coefficient (Wildman–Crippen LogP) is 4.66. The Hall–Kier alpha value is -2.34. The van der Waals surface area contributed by atoms with Gasteiger partial charge < -0.3 is 10.1 Å². The molecule has 0 aliphatic heterocycles. The highest BCUT2D eigenvalue weighted by molar-refractivity contribution is 7.98. The van der Waals surface area contributed by atoms with E-state index in [0.717, 1.165) is 4.90 Å². The normalized spacial score (nSPS) is 11.0. The van der Waals surface area contributed by atoms with Crippen LogP contribution in [0, 0.1) is 0 Å². The van der Waals surface area contributed by atoms with Gasteiger partial charge in [0.05, 0.1) is 5.69 Å². The summed E-state index contributed by atoms with van der Waals surface area (Å²) in [7, 11) is 0. The van der Waals surface area contributed by atoms with Crippen molar-refractivity contribution in [2.24, 2.45) is 0 Å². The molecular weight excluding hydrogens is 320 g/mol. The third kappa shape index (κ3) is 5.10. The van der Waals surface area contributed by atoms with E-state index in [-0.39, 0.29) is 11.7 Å². The van der Waals surface area contributed by atoms with Crippen LogP contribution in [0.25, 0.3) is 6.08 Å². The summed E-state index contributed by atoms with van der Waals surface area (Å²) in [6, 6.07) is 13.7. The highest BCUT2D eigenvalue weighted by Gasteiger charge is 2.08. The Morgan fingerprint density at radius 1 is 1.17 bits per heavy atom. The predicted molar refractivity (Wildman–Crippen MR) is 89.0 cm³/mol. The Morgan fingerprint density at radius 3 is 2.61 bits per heavy atom. The summed E-state index contributed by atoms with van der Waals surface area (Å²) < 4.78 is 29.1. The average Bonchev–Trinajstić information content (AvgIpc) is 2.54. The fraction of sp³-hybridized carbons (Fsp3) is 0.118. The Morgan fingerprint density at radius 2 is 1.87 bits per heavy atom. The van der Waals surface area contributed by atoms with E-state index in [1.165, 1.54) is 30.0 Å². The summed E-state index contributed by atoms with van der Waals surface area (Å²) in [5.41, 5.74) is 1.10. The quantitative estimate of drug-likeness (QED) is 0.616. The number of rotatable bonds is 6. The zero-order valence-corrected chi connectivity index (χ0v) is 13.1. The minimum Gasteiger partial charge on any atom is -0.434 e. The van der Waals surface area contributed by atoms with Crippen molar-refractivity contribution in [3.05, 3.63) is 60.2 Å². The van der Waals surface area contributed by atoms with Crippen LogP contribution in [-0.2, 0) is 4.79 Å². The molecule has 0 heterocycles. The number of carbonyl (C=O) groups excluding carboxylic acids is 1. The number of ether oxygens (including phenoxy) is 1. The van der Waals surface area contributed by atoms with E-state index in [0.29, 0.717) is 11.3 Å². The number of thioether (sulfide) groups is 1. The smallest absolute Gasteiger partial charge is 0.387 e. The molecule has 3 nitrogen and oxygen atoms in total. The van der Waals surface area contributed by atoms with Gasteiger partial charge in [-0.05, 0) is 30.5 Å². The summed E-state index contributed by atoms with van der Waals surface area (Å²) in [6.07, 6.45) is 4.64. The first kappa shape index (κ1) is 17.0. The molecule has 2 aromatic rings. The molecular formula is C17H15F2NO2S. The number of anilines is 1. The van der Waals surface area contributed by atoms with Gasteiger partial charge in [-0.1, -0.05) is 30.3 Å². The third-order valence-corrected chi connectivity index (χ3v) is 3.71. The van der Waals surface area contributed by atoms with Gasteiger partial charge in [-0.15, -0.1) is 11.8 Å². The molecule has 1 N–H and O–H groups in total. The Kier molecular flexibility index (Phi) is 6.17. The molecule has 23 heavy (non-hydrogen) atoms. The van der Waals surface area contributed by atoms with Crippen LogP contribution in [0.1, 0.15) is 5.56 Å². The van der Waals surface area contributed by atoms with E-state index in [1.54, 1.807) is 24.3 Å². The monoisotopic (exact) mass is 335 g/mol. The Balaban J connectivity index is 2.10. The summed E-state index contributed by atoms with van der Waals surface area (Å²) >= 11 is 1.52. The third-order valence-electron chi connectivity index (χ3n) is 2.91. The highest BCUT2D eigenvalue weighted by Crippen LogP contribution is 2.25. The van der Waals surface area contributed by atoms with Gasteiger partial charge in [0.1, 0.15) is 5.75 Å². The molecule has 0 aliphatic carbocycles. The minimum atomic E-state index is -2.91. The summed E-state index contributed by atoms with van der Waals surface area (Å²) in [4.78, 5) is 12.9. The average molecular weight is 335 g/mol. The van der Waals surface area contributed by atoms with Crippen molar-refractivity contribution < 1.29 is 18.3 Å². The van der Waals surface area contributed by atoms with Crippen molar-refractivity contribution in [2.45, 2.75) is 11.5 Å². The molecule has 0 saturated heterocycles. The Bertz CT molecular complexity index is 704. The molecule has 0 spiro atoms. The van der Waals surface area contributed by atoms with Crippen LogP contribution in [0.15, 0.2) is 59.5 Å². The topological polar surface area (TPSA) is 38.3 Å². The molecule has 120 valence electrons. The molecule has 2 aromatic carbocycles. The van der Waals surface area contributed by atoms with Crippen LogP contribution in [0.5, 0.6) is 5.75 Å². The number of hydrogen-bond donors (Lipinski definition) is 1. The minimum absolute atomic E-state index is 0.0241. The maximum Gasteiger partial charge on any atom is 0.387 e. The van der Waals surface area contributed by atoms with Gasteiger partial charge in [0.25, 0.3) is 0 Å². The van der Waals surface area contributed by atoms with Crippen LogP contribution >= 0.6 is 11.8 Å². The first-order valence-corrected chi connectivity index (χ1v) is 7.98. The van der Waals surface area contributed by atoms with E-state index < -0.39 is 6.61 Å². The van der Waals surface area contributed by atoms with E-state index in [2.05, 4.69) is 10.1 Å². The van der Waals surface area contributed by atoms with Crippen molar-refractivity contribution >= 4 is 29.4 Å². The van der Waals surface area contributed by atoms with Gasteiger partial charge in [-0.3, -0.25) is 4.79 Å². The zero-order valence-electron chi connectivity index (χ0n) is 12.3. The largest absolute Gasteiger partial charge is 0.434 e. The van der Waals surface area contributed by atoms with Crippen molar-refractivity contribution in [1.29, 1.82) is 0 Å². The van der Waals surface area contributed by atoms with E-state index in [1.807, 2.05) is 24.5 Å². The number of para-hydroxylation sites is 2. The fourth-order valence-corrected chi connectivity index (χ4v) is 2.46. The molecule has 0 radical (unpaired) electrons.